The van der Waals surface area contributed by atoms with Gasteiger partial charge in [0.15, 0.2) is 17.3 Å². The zero-order valence-electron chi connectivity index (χ0n) is 29.5. The fourth-order valence-electron chi connectivity index (χ4n) is 6.45. The number of aliphatic hydroxyl groups excluding tert-OH is 12. The second-order valence-electron chi connectivity index (χ2n) is 13.4. The molecule has 0 spiro atoms. The monoisotopic (exact) mass is 818 g/mol. The molecular weight excluding hydrogens is 776 g/mol. The maximum absolute atomic E-state index is 14.3. The van der Waals surface area contributed by atoms with Crippen LogP contribution < -0.4 is 24.4 Å². The van der Waals surface area contributed by atoms with Crippen LogP contribution in [0.15, 0.2) is 33.5 Å². The van der Waals surface area contributed by atoms with Gasteiger partial charge in [-0.15, -0.1) is 0 Å². The molecule has 0 amide bonds. The van der Waals surface area contributed by atoms with Crippen molar-refractivity contribution in [2.24, 2.45) is 0 Å². The van der Waals surface area contributed by atoms with E-state index in [0.29, 0.717) is 0 Å². The lowest BCUT2D eigenvalue weighted by molar-refractivity contribution is -0.277. The average Bonchev–Trinajstić information content (AvgIpc) is 3.19. The van der Waals surface area contributed by atoms with Gasteiger partial charge >= 0.3 is 0 Å². The minimum absolute atomic E-state index is 0.275. The van der Waals surface area contributed by atoms with E-state index >= 15 is 0 Å². The maximum Gasteiger partial charge on any atom is 0.239 e. The van der Waals surface area contributed by atoms with Gasteiger partial charge in [0, 0.05) is 17.7 Å². The largest absolute Gasteiger partial charge is 0.507 e. The van der Waals surface area contributed by atoms with Crippen molar-refractivity contribution in [3.63, 3.8) is 0 Å². The molecule has 15 atom stereocenters. The SMILES string of the molecule is COc1cc(-c2oc3cc(O[C@@H]4O[C@H](CO)[C@@H](O)[C@H](O)[C@H]4O)cc(O)c3c(=O)c2O[C@@H]2O[C@H](CO)[C@@H](O)[C@H](O)[C@H]2O)cc(O[C@@H]2O[C@H](CO)[C@@H](O)[C@H](O)[C@H]2O)c1O. The number of phenols is 2. The fraction of sp³-hybridized carbons (Fsp3) is 0.559. The average molecular weight is 819 g/mol. The number of hydrogen-bond acceptors (Lipinski definition) is 23. The summed E-state index contributed by atoms with van der Waals surface area (Å²) in [6.07, 6.45) is -26.8. The number of ether oxygens (including phenoxy) is 7. The van der Waals surface area contributed by atoms with Gasteiger partial charge in [-0.2, -0.15) is 0 Å². The van der Waals surface area contributed by atoms with Crippen molar-refractivity contribution in [1.29, 1.82) is 0 Å². The lowest BCUT2D eigenvalue weighted by atomic mass is 9.99. The smallest absolute Gasteiger partial charge is 0.239 e. The molecule has 23 nitrogen and oxygen atoms in total. The minimum Gasteiger partial charge on any atom is -0.507 e. The van der Waals surface area contributed by atoms with Crippen molar-refractivity contribution in [3.05, 3.63) is 34.5 Å². The number of benzene rings is 2. The van der Waals surface area contributed by atoms with Crippen LogP contribution in [-0.4, -0.2) is 191 Å². The first kappa shape index (κ1) is 42.5. The fourth-order valence-corrected chi connectivity index (χ4v) is 6.45. The highest BCUT2D eigenvalue weighted by Crippen LogP contribution is 2.45. The van der Waals surface area contributed by atoms with Crippen LogP contribution in [0.4, 0.5) is 0 Å². The summed E-state index contributed by atoms with van der Waals surface area (Å²) in [4.78, 5) is 14.3. The first-order chi connectivity index (χ1) is 27.0. The summed E-state index contributed by atoms with van der Waals surface area (Å²) in [5.74, 6) is -4.42. The third-order valence-corrected chi connectivity index (χ3v) is 9.70. The number of aromatic hydroxyl groups is 2. The Labute approximate surface area is 319 Å². The Bertz CT molecular complexity index is 1930. The van der Waals surface area contributed by atoms with Crippen molar-refractivity contribution in [1.82, 2.24) is 0 Å². The highest BCUT2D eigenvalue weighted by molar-refractivity contribution is 5.88. The number of fused-ring (bicyclic) bond motifs is 1. The highest BCUT2D eigenvalue weighted by atomic mass is 16.7. The quantitative estimate of drug-likeness (QED) is 0.0857. The maximum atomic E-state index is 14.3. The second kappa shape index (κ2) is 17.0. The Morgan fingerprint density at radius 3 is 1.51 bits per heavy atom. The summed E-state index contributed by atoms with van der Waals surface area (Å²) in [5, 5.41) is 144. The summed E-state index contributed by atoms with van der Waals surface area (Å²) in [5.41, 5.74) is -1.95. The highest BCUT2D eigenvalue weighted by Gasteiger charge is 2.48. The molecule has 0 radical (unpaired) electrons. The Morgan fingerprint density at radius 2 is 1.04 bits per heavy atom. The number of rotatable bonds is 11. The Balaban J connectivity index is 1.49. The topological polar surface area (TPSA) is 378 Å². The van der Waals surface area contributed by atoms with Gasteiger partial charge in [-0.3, -0.25) is 4.79 Å². The van der Waals surface area contributed by atoms with Crippen LogP contribution in [0.25, 0.3) is 22.3 Å². The van der Waals surface area contributed by atoms with E-state index in [-0.39, 0.29) is 11.3 Å². The summed E-state index contributed by atoms with van der Waals surface area (Å²) in [6.45, 7) is -2.49. The molecule has 1 aromatic heterocycles. The lowest BCUT2D eigenvalue weighted by Gasteiger charge is -2.39. The number of hydrogen-bond donors (Lipinski definition) is 14. The van der Waals surface area contributed by atoms with E-state index in [9.17, 15) is 76.3 Å². The molecule has 57 heavy (non-hydrogen) atoms. The standard InChI is InChI=1S/C34H42O23/c1-50-13-2-9(3-14(19(13)39)53-33-28(48)25(45)21(41)16(7-36)55-33)30-31(57-34-29(49)26(46)22(42)17(8-37)56-34)23(43)18-11(38)4-10(5-12(18)52-30)51-32-27(47)24(44)20(40)15(6-35)54-32/h2-5,15-17,20-22,24-29,32-42,44-49H,6-8H2,1H3/t15-,16-,17-,20-,21-,22-,24+,25+,26+,27-,28-,29-,32-,33-,34+/m1/s1. The molecule has 3 fully saturated rings. The van der Waals surface area contributed by atoms with E-state index in [2.05, 4.69) is 0 Å². The third kappa shape index (κ3) is 7.88. The molecule has 6 rings (SSSR count). The van der Waals surface area contributed by atoms with Crippen molar-refractivity contribution in [3.8, 4) is 45.8 Å². The molecule has 0 bridgehead atoms. The van der Waals surface area contributed by atoms with Crippen molar-refractivity contribution >= 4 is 11.0 Å². The van der Waals surface area contributed by atoms with Gasteiger partial charge in [0.05, 0.1) is 26.9 Å². The molecule has 3 aromatic rings. The van der Waals surface area contributed by atoms with Crippen LogP contribution in [0.1, 0.15) is 0 Å². The summed E-state index contributed by atoms with van der Waals surface area (Å²) in [6, 6.07) is 3.95. The van der Waals surface area contributed by atoms with E-state index in [0.717, 1.165) is 31.4 Å². The van der Waals surface area contributed by atoms with Gasteiger partial charge in [0.2, 0.25) is 35.8 Å². The zero-order chi connectivity index (χ0) is 41.6. The molecule has 3 aliphatic rings. The summed E-state index contributed by atoms with van der Waals surface area (Å²) >= 11 is 0. The molecule has 0 unspecified atom stereocenters. The Hall–Kier alpha value is -4.15. The van der Waals surface area contributed by atoms with Gasteiger partial charge in [-0.25, -0.2) is 0 Å². The molecule has 23 heteroatoms. The third-order valence-electron chi connectivity index (χ3n) is 9.70. The molecule has 2 aromatic carbocycles. The molecule has 0 aliphatic carbocycles. The van der Waals surface area contributed by atoms with E-state index < -0.39 is 163 Å². The van der Waals surface area contributed by atoms with Crippen LogP contribution in [-0.2, 0) is 14.2 Å². The van der Waals surface area contributed by atoms with E-state index in [1.807, 2.05) is 0 Å². The molecule has 3 aliphatic heterocycles. The van der Waals surface area contributed by atoms with Gasteiger partial charge in [0.25, 0.3) is 0 Å². The van der Waals surface area contributed by atoms with Crippen LogP contribution >= 0.6 is 0 Å². The zero-order valence-corrected chi connectivity index (χ0v) is 29.5. The molecule has 14 N–H and O–H groups in total. The van der Waals surface area contributed by atoms with Crippen LogP contribution in [0, 0.1) is 0 Å². The van der Waals surface area contributed by atoms with Crippen LogP contribution in [0.3, 0.4) is 0 Å². The van der Waals surface area contributed by atoms with Crippen LogP contribution in [0.5, 0.6) is 34.5 Å². The molecule has 3 saturated heterocycles. The Morgan fingerprint density at radius 1 is 0.579 bits per heavy atom. The first-order valence-electron chi connectivity index (χ1n) is 17.2. The minimum atomic E-state index is -2.06. The van der Waals surface area contributed by atoms with E-state index in [4.69, 9.17) is 37.6 Å². The summed E-state index contributed by atoms with van der Waals surface area (Å²) < 4.78 is 44.5. The van der Waals surface area contributed by atoms with Crippen molar-refractivity contribution in [2.75, 3.05) is 26.9 Å². The van der Waals surface area contributed by atoms with E-state index in [1.165, 1.54) is 0 Å². The normalized spacial score (nSPS) is 35.8. The predicted molar refractivity (Wildman–Crippen MR) is 181 cm³/mol. The van der Waals surface area contributed by atoms with E-state index in [1.54, 1.807) is 0 Å². The van der Waals surface area contributed by atoms with Gasteiger partial charge < -0.3 is 109 Å². The Kier molecular flexibility index (Phi) is 12.6. The van der Waals surface area contributed by atoms with Crippen molar-refractivity contribution in [2.45, 2.75) is 92.1 Å². The molecule has 4 heterocycles. The lowest BCUT2D eigenvalue weighted by Crippen LogP contribution is -2.60. The van der Waals surface area contributed by atoms with Crippen molar-refractivity contribution < 1.29 is 109 Å². The predicted octanol–water partition coefficient (Wildman–Crippen LogP) is -5.58. The van der Waals surface area contributed by atoms with Gasteiger partial charge in [-0.05, 0) is 12.1 Å². The number of aliphatic hydroxyl groups is 12. The molecular formula is C34H42O23. The number of phenolic OH excluding ortho intramolecular Hbond substituents is 2. The van der Waals surface area contributed by atoms with Gasteiger partial charge in [-0.1, -0.05) is 0 Å². The first-order valence-corrected chi connectivity index (χ1v) is 17.2. The summed E-state index contributed by atoms with van der Waals surface area (Å²) in [7, 11) is 1.11. The molecule has 0 saturated carbocycles. The van der Waals surface area contributed by atoms with Crippen LogP contribution in [0.2, 0.25) is 0 Å². The molecule has 316 valence electrons. The number of methoxy groups -OCH3 is 1. The second-order valence-corrected chi connectivity index (χ2v) is 13.4. The van der Waals surface area contributed by atoms with Gasteiger partial charge in [0.1, 0.15) is 95.7 Å².